The predicted octanol–water partition coefficient (Wildman–Crippen LogP) is 1.49. The Hall–Kier alpha value is -0.520. The molecule has 2 N–H and O–H groups in total. The molecule has 0 aliphatic carbocycles. The maximum absolute atomic E-state index is 5.92. The maximum Gasteiger partial charge on any atom is 0.0538 e. The molecular weight excluding hydrogens is 232 g/mol. The normalized spacial score (nSPS) is 15.2. The molecule has 0 aliphatic rings. The van der Waals surface area contributed by atoms with Crippen LogP contribution in [-0.2, 0) is 7.05 Å². The fraction of sp³-hybridized carbons (Fsp3) is 0.750. The van der Waals surface area contributed by atoms with Crippen LogP contribution < -0.4 is 5.73 Å². The van der Waals surface area contributed by atoms with Crippen molar-refractivity contribution in [3.63, 3.8) is 0 Å². The average molecular weight is 256 g/mol. The zero-order valence-corrected chi connectivity index (χ0v) is 12.1. The molecule has 0 aromatic carbocycles. The van der Waals surface area contributed by atoms with Crippen LogP contribution in [0.2, 0.25) is 0 Å². The second-order valence-corrected chi connectivity index (χ2v) is 5.29. The summed E-state index contributed by atoms with van der Waals surface area (Å²) in [6.45, 7) is 2.86. The highest BCUT2D eigenvalue weighted by Crippen LogP contribution is 2.22. The molecular formula is C12H24N4S. The van der Waals surface area contributed by atoms with Crippen LogP contribution in [0.1, 0.15) is 24.9 Å². The molecule has 1 rings (SSSR count). The lowest BCUT2D eigenvalue weighted by Crippen LogP contribution is -2.39. The average Bonchev–Trinajstić information content (AvgIpc) is 2.73. The lowest BCUT2D eigenvalue weighted by molar-refractivity contribution is 0.188. The van der Waals surface area contributed by atoms with Crippen molar-refractivity contribution in [2.75, 3.05) is 25.6 Å². The summed E-state index contributed by atoms with van der Waals surface area (Å²) in [5.74, 6) is 1.14. The first kappa shape index (κ1) is 14.5. The van der Waals surface area contributed by atoms with Crippen molar-refractivity contribution in [1.82, 2.24) is 14.7 Å². The molecule has 98 valence electrons. The van der Waals surface area contributed by atoms with Crippen LogP contribution in [0, 0.1) is 0 Å². The van der Waals surface area contributed by atoms with Gasteiger partial charge in [-0.25, -0.2) is 0 Å². The van der Waals surface area contributed by atoms with Gasteiger partial charge in [0.2, 0.25) is 0 Å². The largest absolute Gasteiger partial charge is 0.329 e. The summed E-state index contributed by atoms with van der Waals surface area (Å²) in [7, 11) is 4.10. The molecule has 2 atom stereocenters. The minimum Gasteiger partial charge on any atom is -0.329 e. The van der Waals surface area contributed by atoms with Crippen LogP contribution in [0.5, 0.6) is 0 Å². The molecule has 0 saturated heterocycles. The Balaban J connectivity index is 2.78. The van der Waals surface area contributed by atoms with Crippen molar-refractivity contribution in [3.05, 3.63) is 18.0 Å². The van der Waals surface area contributed by atoms with E-state index in [0.29, 0.717) is 12.6 Å². The number of rotatable bonds is 7. The van der Waals surface area contributed by atoms with Gasteiger partial charge >= 0.3 is 0 Å². The lowest BCUT2D eigenvalue weighted by Gasteiger charge is -2.33. The van der Waals surface area contributed by atoms with E-state index in [1.807, 2.05) is 29.7 Å². The third-order valence-corrected chi connectivity index (χ3v) is 3.95. The van der Waals surface area contributed by atoms with E-state index < -0.39 is 0 Å². The van der Waals surface area contributed by atoms with Gasteiger partial charge in [-0.1, -0.05) is 6.92 Å². The van der Waals surface area contributed by atoms with Crippen LogP contribution in [0.15, 0.2) is 12.4 Å². The summed E-state index contributed by atoms with van der Waals surface area (Å²) in [5, 5.41) is 4.23. The van der Waals surface area contributed by atoms with Gasteiger partial charge in [-0.2, -0.15) is 16.9 Å². The Morgan fingerprint density at radius 1 is 1.59 bits per heavy atom. The summed E-state index contributed by atoms with van der Waals surface area (Å²) in [6, 6.07) is 0.833. The molecule has 0 radical (unpaired) electrons. The monoisotopic (exact) mass is 256 g/mol. The van der Waals surface area contributed by atoms with E-state index in [1.54, 1.807) is 0 Å². The first-order valence-electron chi connectivity index (χ1n) is 6.03. The van der Waals surface area contributed by atoms with Gasteiger partial charge in [0, 0.05) is 37.1 Å². The van der Waals surface area contributed by atoms with Gasteiger partial charge in [-0.3, -0.25) is 9.58 Å². The third-order valence-electron chi connectivity index (χ3n) is 3.23. The minimum atomic E-state index is 0.265. The Labute approximate surface area is 109 Å². The van der Waals surface area contributed by atoms with Gasteiger partial charge in [-0.15, -0.1) is 0 Å². The summed E-state index contributed by atoms with van der Waals surface area (Å²) < 4.78 is 1.83. The standard InChI is InChI=1S/C12H24N4S/c1-5-11(9-17-4)16(3)12(6-13)10-7-14-15(2)8-10/h7-8,11-12H,5-6,9,13H2,1-4H3. The third kappa shape index (κ3) is 3.72. The van der Waals surface area contributed by atoms with E-state index >= 15 is 0 Å². The first-order chi connectivity index (χ1) is 8.13. The Morgan fingerprint density at radius 3 is 2.71 bits per heavy atom. The van der Waals surface area contributed by atoms with E-state index in [9.17, 15) is 0 Å². The van der Waals surface area contributed by atoms with Crippen molar-refractivity contribution in [1.29, 1.82) is 0 Å². The van der Waals surface area contributed by atoms with Crippen LogP contribution in [-0.4, -0.2) is 46.3 Å². The maximum atomic E-state index is 5.92. The molecule has 0 fully saturated rings. The zero-order valence-electron chi connectivity index (χ0n) is 11.3. The SMILES string of the molecule is CCC(CSC)N(C)C(CN)c1cnn(C)c1. The van der Waals surface area contributed by atoms with E-state index in [-0.39, 0.29) is 6.04 Å². The summed E-state index contributed by atoms with van der Waals surface area (Å²) in [4.78, 5) is 2.38. The highest BCUT2D eigenvalue weighted by molar-refractivity contribution is 7.98. The number of nitrogens with zero attached hydrogens (tertiary/aromatic N) is 3. The first-order valence-corrected chi connectivity index (χ1v) is 7.42. The highest BCUT2D eigenvalue weighted by atomic mass is 32.2. The number of hydrogen-bond donors (Lipinski definition) is 1. The zero-order chi connectivity index (χ0) is 12.8. The topological polar surface area (TPSA) is 47.1 Å². The van der Waals surface area contributed by atoms with Crippen molar-refractivity contribution >= 4 is 11.8 Å². The fourth-order valence-corrected chi connectivity index (χ4v) is 2.98. The highest BCUT2D eigenvalue weighted by Gasteiger charge is 2.22. The number of aryl methyl sites for hydroxylation is 1. The van der Waals surface area contributed by atoms with Crippen molar-refractivity contribution in [3.8, 4) is 0 Å². The second kappa shape index (κ2) is 7.03. The van der Waals surface area contributed by atoms with Gasteiger partial charge in [0.25, 0.3) is 0 Å². The summed E-state index contributed by atoms with van der Waals surface area (Å²) >= 11 is 1.89. The predicted molar refractivity (Wildman–Crippen MR) is 75.2 cm³/mol. The van der Waals surface area contributed by atoms with Crippen molar-refractivity contribution in [2.45, 2.75) is 25.4 Å². The number of likely N-dealkylation sites (N-methyl/N-ethyl adjacent to an activating group) is 1. The van der Waals surface area contributed by atoms with E-state index in [4.69, 9.17) is 5.73 Å². The summed E-state index contributed by atoms with van der Waals surface area (Å²) in [6.07, 6.45) is 7.27. The quantitative estimate of drug-likeness (QED) is 0.803. The molecule has 0 saturated carbocycles. The lowest BCUT2D eigenvalue weighted by atomic mass is 10.1. The molecule has 1 aromatic rings. The molecule has 4 nitrogen and oxygen atoms in total. The Kier molecular flexibility index (Phi) is 6.02. The molecule has 0 amide bonds. The smallest absolute Gasteiger partial charge is 0.0538 e. The number of hydrogen-bond acceptors (Lipinski definition) is 4. The van der Waals surface area contributed by atoms with Crippen molar-refractivity contribution < 1.29 is 0 Å². The number of nitrogens with two attached hydrogens (primary N) is 1. The molecule has 1 heterocycles. The van der Waals surface area contributed by atoms with Gasteiger partial charge in [0.05, 0.1) is 12.2 Å². The minimum absolute atomic E-state index is 0.265. The van der Waals surface area contributed by atoms with Gasteiger partial charge in [0.15, 0.2) is 0 Å². The van der Waals surface area contributed by atoms with Crippen molar-refractivity contribution in [2.24, 2.45) is 12.8 Å². The van der Waals surface area contributed by atoms with Gasteiger partial charge in [-0.05, 0) is 19.7 Å². The van der Waals surface area contributed by atoms with E-state index in [0.717, 1.165) is 12.2 Å². The number of thioether (sulfide) groups is 1. The van der Waals surface area contributed by atoms with Crippen LogP contribution in [0.3, 0.4) is 0 Å². The molecule has 5 heteroatoms. The van der Waals surface area contributed by atoms with Crippen LogP contribution in [0.4, 0.5) is 0 Å². The van der Waals surface area contributed by atoms with E-state index in [2.05, 4.69) is 36.4 Å². The fourth-order valence-electron chi connectivity index (χ4n) is 2.12. The number of aromatic nitrogens is 2. The molecule has 17 heavy (non-hydrogen) atoms. The summed E-state index contributed by atoms with van der Waals surface area (Å²) in [5.41, 5.74) is 7.12. The molecule has 0 aliphatic heterocycles. The van der Waals surface area contributed by atoms with Gasteiger partial charge < -0.3 is 5.73 Å². The Bertz CT molecular complexity index is 326. The van der Waals surface area contributed by atoms with Gasteiger partial charge in [0.1, 0.15) is 0 Å². The van der Waals surface area contributed by atoms with Crippen LogP contribution in [0.25, 0.3) is 0 Å². The molecule has 2 unspecified atom stereocenters. The molecule has 0 bridgehead atoms. The Morgan fingerprint density at radius 2 is 2.29 bits per heavy atom. The molecule has 0 spiro atoms. The second-order valence-electron chi connectivity index (χ2n) is 4.38. The van der Waals surface area contributed by atoms with E-state index in [1.165, 1.54) is 5.56 Å². The van der Waals surface area contributed by atoms with Crippen LogP contribution >= 0.6 is 11.8 Å². The molecule has 1 aromatic heterocycles.